The molecule has 0 fully saturated rings. The summed E-state index contributed by atoms with van der Waals surface area (Å²) in [5, 5.41) is 0.925. The Hall–Kier alpha value is -1.51. The van der Waals surface area contributed by atoms with E-state index in [9.17, 15) is 4.79 Å². The summed E-state index contributed by atoms with van der Waals surface area (Å²) in [5.74, 6) is 0. The molecule has 0 bridgehead atoms. The van der Waals surface area contributed by atoms with Crippen LogP contribution >= 0.6 is 0 Å². The molecule has 1 heterocycles. The zero-order valence-electron chi connectivity index (χ0n) is 7.20. The Bertz CT molecular complexity index is 514. The molecule has 2 rings (SSSR count). The molecule has 0 aliphatic rings. The van der Waals surface area contributed by atoms with Crippen LogP contribution in [0, 0.1) is 6.92 Å². The fraction of sp³-hybridized carbons (Fsp3) is 0.100. The zero-order valence-corrected chi connectivity index (χ0v) is 7.20. The van der Waals surface area contributed by atoms with Crippen molar-refractivity contribution in [3.05, 3.63) is 40.2 Å². The molecule has 0 N–H and O–H groups in total. The number of aryl methyl sites for hydroxylation is 1. The number of rotatable bonds is 0. The fourth-order valence-electron chi connectivity index (χ4n) is 1.34. The molecular formula is C10H7BO2. The molecule has 1 aromatic heterocycles. The van der Waals surface area contributed by atoms with Crippen LogP contribution in [0.1, 0.15) is 5.56 Å². The molecule has 1 aromatic carbocycles. The number of hydrogen-bond acceptors (Lipinski definition) is 2. The van der Waals surface area contributed by atoms with Gasteiger partial charge in [0.25, 0.3) is 0 Å². The van der Waals surface area contributed by atoms with Gasteiger partial charge in [-0.3, -0.25) is 0 Å². The Morgan fingerprint density at radius 3 is 2.85 bits per heavy atom. The summed E-state index contributed by atoms with van der Waals surface area (Å²) in [7, 11) is 5.56. The lowest BCUT2D eigenvalue weighted by Gasteiger charge is -2.00. The van der Waals surface area contributed by atoms with Gasteiger partial charge in [0.1, 0.15) is 13.4 Å². The zero-order chi connectivity index (χ0) is 9.42. The molecule has 2 aromatic rings. The van der Waals surface area contributed by atoms with Crippen molar-refractivity contribution in [2.75, 3.05) is 0 Å². The van der Waals surface area contributed by atoms with Crippen LogP contribution in [0.15, 0.2) is 33.5 Å². The van der Waals surface area contributed by atoms with E-state index in [0.717, 1.165) is 10.9 Å². The van der Waals surface area contributed by atoms with E-state index in [-0.39, 0.29) is 5.63 Å². The normalized spacial score (nSPS) is 10.5. The first-order valence-corrected chi connectivity index (χ1v) is 3.97. The van der Waals surface area contributed by atoms with Gasteiger partial charge in [-0.25, -0.2) is 4.79 Å². The van der Waals surface area contributed by atoms with Crippen molar-refractivity contribution < 1.29 is 4.42 Å². The first-order chi connectivity index (χ1) is 6.16. The molecule has 2 radical (unpaired) electrons. The quantitative estimate of drug-likeness (QED) is 0.434. The third kappa shape index (κ3) is 1.37. The molecule has 0 aliphatic heterocycles. The molecule has 0 spiro atoms. The van der Waals surface area contributed by atoms with Crippen molar-refractivity contribution in [1.29, 1.82) is 0 Å². The minimum absolute atomic E-state index is 0.337. The van der Waals surface area contributed by atoms with E-state index < -0.39 is 0 Å². The van der Waals surface area contributed by atoms with Crippen LogP contribution in [0.25, 0.3) is 11.0 Å². The lowest BCUT2D eigenvalue weighted by atomic mass is 9.95. The monoisotopic (exact) mass is 170 g/mol. The highest BCUT2D eigenvalue weighted by atomic mass is 16.4. The van der Waals surface area contributed by atoms with E-state index in [1.807, 2.05) is 13.0 Å². The molecule has 2 nitrogen and oxygen atoms in total. The summed E-state index contributed by atoms with van der Waals surface area (Å²) in [6.45, 7) is 1.87. The Morgan fingerprint density at radius 2 is 2.08 bits per heavy atom. The molecular weight excluding hydrogens is 163 g/mol. The smallest absolute Gasteiger partial charge is 0.336 e. The average Bonchev–Trinajstić information content (AvgIpc) is 2.02. The van der Waals surface area contributed by atoms with Gasteiger partial charge in [-0.2, -0.15) is 0 Å². The summed E-state index contributed by atoms with van der Waals surface area (Å²) >= 11 is 0. The Morgan fingerprint density at radius 1 is 1.31 bits per heavy atom. The molecule has 0 saturated heterocycles. The molecule has 0 amide bonds. The minimum Gasteiger partial charge on any atom is -0.423 e. The molecule has 0 aliphatic carbocycles. The first-order valence-electron chi connectivity index (χ1n) is 3.97. The second kappa shape index (κ2) is 2.77. The van der Waals surface area contributed by atoms with Crippen LogP contribution in [0.5, 0.6) is 0 Å². The van der Waals surface area contributed by atoms with Crippen molar-refractivity contribution in [2.45, 2.75) is 6.92 Å². The van der Waals surface area contributed by atoms with Crippen LogP contribution in [-0.2, 0) is 0 Å². The second-order valence-corrected chi connectivity index (χ2v) is 3.00. The summed E-state index contributed by atoms with van der Waals surface area (Å²) in [6.07, 6.45) is 0. The van der Waals surface area contributed by atoms with E-state index in [4.69, 9.17) is 12.3 Å². The molecule has 13 heavy (non-hydrogen) atoms. The molecule has 0 unspecified atom stereocenters. The predicted molar refractivity (Wildman–Crippen MR) is 52.6 cm³/mol. The maximum absolute atomic E-state index is 11.0. The van der Waals surface area contributed by atoms with Gasteiger partial charge in [-0.15, -0.1) is 0 Å². The summed E-state index contributed by atoms with van der Waals surface area (Å²) in [5.41, 5.74) is 1.72. The SMILES string of the molecule is [B]c1ccc2c(C)cc(=O)oc2c1. The number of benzene rings is 1. The Balaban J connectivity index is 2.94. The number of fused-ring (bicyclic) bond motifs is 1. The van der Waals surface area contributed by atoms with Crippen molar-refractivity contribution in [3.8, 4) is 0 Å². The summed E-state index contributed by atoms with van der Waals surface area (Å²) in [4.78, 5) is 11.0. The minimum atomic E-state index is -0.337. The van der Waals surface area contributed by atoms with Crippen LogP contribution in [0.2, 0.25) is 0 Å². The van der Waals surface area contributed by atoms with Gasteiger partial charge in [0.2, 0.25) is 0 Å². The Labute approximate surface area is 76.6 Å². The largest absolute Gasteiger partial charge is 0.423 e. The van der Waals surface area contributed by atoms with Gasteiger partial charge in [0, 0.05) is 11.5 Å². The van der Waals surface area contributed by atoms with Gasteiger partial charge in [0.15, 0.2) is 0 Å². The maximum Gasteiger partial charge on any atom is 0.336 e. The summed E-state index contributed by atoms with van der Waals surface area (Å²) < 4.78 is 4.99. The second-order valence-electron chi connectivity index (χ2n) is 3.00. The van der Waals surface area contributed by atoms with Crippen molar-refractivity contribution in [3.63, 3.8) is 0 Å². The van der Waals surface area contributed by atoms with E-state index in [0.29, 0.717) is 11.0 Å². The van der Waals surface area contributed by atoms with Crippen LogP contribution in [0.3, 0.4) is 0 Å². The number of hydrogen-bond donors (Lipinski definition) is 0. The summed E-state index contributed by atoms with van der Waals surface area (Å²) in [6, 6.07) is 6.76. The van der Waals surface area contributed by atoms with Crippen molar-refractivity contribution in [2.24, 2.45) is 0 Å². The average molecular weight is 170 g/mol. The third-order valence-corrected chi connectivity index (χ3v) is 1.98. The highest BCUT2D eigenvalue weighted by molar-refractivity contribution is 6.33. The van der Waals surface area contributed by atoms with E-state index in [2.05, 4.69) is 0 Å². The van der Waals surface area contributed by atoms with Gasteiger partial charge >= 0.3 is 5.63 Å². The lowest BCUT2D eigenvalue weighted by molar-refractivity contribution is 0.560. The third-order valence-electron chi connectivity index (χ3n) is 1.98. The standard InChI is InChI=1S/C10H7BO2/c1-6-4-10(12)13-9-5-7(11)2-3-8(6)9/h2-5H,1H3. The van der Waals surface area contributed by atoms with Gasteiger partial charge in [-0.1, -0.05) is 17.6 Å². The molecule has 62 valence electrons. The highest BCUT2D eigenvalue weighted by Gasteiger charge is 2.00. The van der Waals surface area contributed by atoms with Crippen molar-refractivity contribution >= 4 is 24.3 Å². The highest BCUT2D eigenvalue weighted by Crippen LogP contribution is 2.13. The van der Waals surface area contributed by atoms with Crippen LogP contribution in [-0.4, -0.2) is 7.85 Å². The van der Waals surface area contributed by atoms with E-state index in [1.54, 1.807) is 12.1 Å². The maximum atomic E-state index is 11.0. The molecule has 3 heteroatoms. The van der Waals surface area contributed by atoms with E-state index >= 15 is 0 Å². The first kappa shape index (κ1) is 8.11. The van der Waals surface area contributed by atoms with Gasteiger partial charge < -0.3 is 4.42 Å². The topological polar surface area (TPSA) is 30.2 Å². The fourth-order valence-corrected chi connectivity index (χ4v) is 1.34. The van der Waals surface area contributed by atoms with Crippen LogP contribution < -0.4 is 11.1 Å². The lowest BCUT2D eigenvalue weighted by Crippen LogP contribution is -2.03. The van der Waals surface area contributed by atoms with Gasteiger partial charge in [0.05, 0.1) is 0 Å². The Kier molecular flexibility index (Phi) is 1.73. The van der Waals surface area contributed by atoms with Crippen LogP contribution in [0.4, 0.5) is 0 Å². The van der Waals surface area contributed by atoms with E-state index in [1.165, 1.54) is 6.07 Å². The van der Waals surface area contributed by atoms with Crippen molar-refractivity contribution in [1.82, 2.24) is 0 Å². The van der Waals surface area contributed by atoms with Gasteiger partial charge in [-0.05, 0) is 18.6 Å². The predicted octanol–water partition coefficient (Wildman–Crippen LogP) is 0.895. The molecule has 0 saturated carbocycles. The molecule has 0 atom stereocenters.